The van der Waals surface area contributed by atoms with Crippen molar-refractivity contribution in [3.8, 4) is 0 Å². The minimum Gasteiger partial charge on any atom is -0.316 e. The van der Waals surface area contributed by atoms with Crippen molar-refractivity contribution in [2.45, 2.75) is 25.5 Å². The Morgan fingerprint density at radius 3 is 2.33 bits per heavy atom. The Labute approximate surface area is 97.3 Å². The molecule has 3 nitrogen and oxygen atoms in total. The first-order valence-electron chi connectivity index (χ1n) is 5.34. The minimum absolute atomic E-state index is 0.307. The smallest absolute Gasteiger partial charge is 0.155 e. The first kappa shape index (κ1) is 13.3. The number of thioether (sulfide) groups is 1. The van der Waals surface area contributed by atoms with Gasteiger partial charge in [-0.2, -0.15) is 11.8 Å². The van der Waals surface area contributed by atoms with Crippen LogP contribution in [0.5, 0.6) is 0 Å². The van der Waals surface area contributed by atoms with Crippen LogP contribution in [-0.2, 0) is 9.84 Å². The van der Waals surface area contributed by atoms with E-state index < -0.39 is 14.6 Å². The SMILES string of the molecule is CC(C)(C)S(=O)(=O)CCSCC1CNC1. The van der Waals surface area contributed by atoms with Crippen molar-refractivity contribution in [1.82, 2.24) is 5.32 Å². The lowest BCUT2D eigenvalue weighted by atomic mass is 10.1. The summed E-state index contributed by atoms with van der Waals surface area (Å²) in [5, 5.41) is 3.21. The third-order valence-corrected chi connectivity index (χ3v) is 6.71. The molecule has 90 valence electrons. The molecule has 0 aromatic rings. The Morgan fingerprint density at radius 1 is 1.33 bits per heavy atom. The number of hydrogen-bond acceptors (Lipinski definition) is 4. The number of hydrogen-bond donors (Lipinski definition) is 1. The zero-order valence-electron chi connectivity index (χ0n) is 9.75. The molecule has 0 saturated carbocycles. The van der Waals surface area contributed by atoms with Crippen molar-refractivity contribution >= 4 is 21.6 Å². The summed E-state index contributed by atoms with van der Waals surface area (Å²) < 4.78 is 22.9. The first-order chi connectivity index (χ1) is 6.83. The fraction of sp³-hybridized carbons (Fsp3) is 1.00. The molecule has 0 aromatic carbocycles. The van der Waals surface area contributed by atoms with E-state index in [4.69, 9.17) is 0 Å². The van der Waals surface area contributed by atoms with Gasteiger partial charge in [0.1, 0.15) is 0 Å². The Morgan fingerprint density at radius 2 is 1.93 bits per heavy atom. The summed E-state index contributed by atoms with van der Waals surface area (Å²) >= 11 is 1.76. The molecule has 1 saturated heterocycles. The largest absolute Gasteiger partial charge is 0.316 e. The maximum atomic E-state index is 11.8. The van der Waals surface area contributed by atoms with E-state index in [1.807, 2.05) is 0 Å². The molecule has 1 fully saturated rings. The predicted octanol–water partition coefficient (Wildman–Crippen LogP) is 1.15. The lowest BCUT2D eigenvalue weighted by molar-refractivity contribution is 0.385. The Balaban J connectivity index is 2.18. The van der Waals surface area contributed by atoms with Gasteiger partial charge in [-0.05, 0) is 45.5 Å². The highest BCUT2D eigenvalue weighted by atomic mass is 32.2. The van der Waals surface area contributed by atoms with E-state index in [0.717, 1.165) is 30.5 Å². The zero-order valence-corrected chi connectivity index (χ0v) is 11.4. The molecule has 15 heavy (non-hydrogen) atoms. The molecule has 0 unspecified atom stereocenters. The minimum atomic E-state index is -2.92. The van der Waals surface area contributed by atoms with Crippen molar-refractivity contribution in [2.24, 2.45) is 5.92 Å². The highest BCUT2D eigenvalue weighted by Gasteiger charge is 2.28. The molecule has 1 aliphatic rings. The first-order valence-corrected chi connectivity index (χ1v) is 8.14. The third-order valence-electron chi connectivity index (χ3n) is 2.65. The highest BCUT2D eigenvalue weighted by molar-refractivity contribution is 8.00. The lowest BCUT2D eigenvalue weighted by Crippen LogP contribution is -2.43. The Hall–Kier alpha value is 0.260. The van der Waals surface area contributed by atoms with Gasteiger partial charge in [0.2, 0.25) is 0 Å². The van der Waals surface area contributed by atoms with Crippen LogP contribution in [0, 0.1) is 5.92 Å². The highest BCUT2D eigenvalue weighted by Crippen LogP contribution is 2.18. The van der Waals surface area contributed by atoms with Gasteiger partial charge < -0.3 is 5.32 Å². The van der Waals surface area contributed by atoms with E-state index >= 15 is 0 Å². The zero-order chi connectivity index (χ0) is 11.5. The van der Waals surface area contributed by atoms with E-state index in [2.05, 4.69) is 5.32 Å². The summed E-state index contributed by atoms with van der Waals surface area (Å²) in [5.74, 6) is 2.89. The standard InChI is InChI=1S/C10H21NO2S2/c1-10(2,3)15(12,13)5-4-14-8-9-6-11-7-9/h9,11H,4-8H2,1-3H3. The van der Waals surface area contributed by atoms with E-state index in [1.54, 1.807) is 32.5 Å². The fourth-order valence-corrected chi connectivity index (χ4v) is 3.89. The molecular formula is C10H21NO2S2. The van der Waals surface area contributed by atoms with Gasteiger partial charge >= 0.3 is 0 Å². The molecule has 0 atom stereocenters. The van der Waals surface area contributed by atoms with Gasteiger partial charge in [0.25, 0.3) is 0 Å². The second-order valence-electron chi connectivity index (χ2n) is 5.03. The van der Waals surface area contributed by atoms with Crippen LogP contribution in [-0.4, -0.2) is 43.5 Å². The van der Waals surface area contributed by atoms with Gasteiger partial charge in [-0.15, -0.1) is 0 Å². The van der Waals surface area contributed by atoms with Gasteiger partial charge in [0.05, 0.1) is 10.5 Å². The number of nitrogens with one attached hydrogen (secondary N) is 1. The van der Waals surface area contributed by atoms with Gasteiger partial charge in [0.15, 0.2) is 9.84 Å². The molecule has 0 bridgehead atoms. The molecule has 1 N–H and O–H groups in total. The molecule has 1 rings (SSSR count). The maximum Gasteiger partial charge on any atom is 0.155 e. The second-order valence-corrected chi connectivity index (χ2v) is 9.04. The molecule has 1 aliphatic heterocycles. The fourth-order valence-electron chi connectivity index (χ4n) is 1.19. The maximum absolute atomic E-state index is 11.8. The molecule has 0 aromatic heterocycles. The number of rotatable bonds is 5. The Kier molecular flexibility index (Phi) is 4.50. The van der Waals surface area contributed by atoms with Gasteiger partial charge in [-0.3, -0.25) is 0 Å². The Bertz CT molecular complexity index is 289. The average molecular weight is 251 g/mol. The van der Waals surface area contributed by atoms with Gasteiger partial charge in [-0.1, -0.05) is 0 Å². The average Bonchev–Trinajstić information content (AvgIpc) is 1.98. The quantitative estimate of drug-likeness (QED) is 0.745. The topological polar surface area (TPSA) is 46.2 Å². The number of sulfone groups is 1. The van der Waals surface area contributed by atoms with Crippen molar-refractivity contribution in [2.75, 3.05) is 30.3 Å². The van der Waals surface area contributed by atoms with Crippen molar-refractivity contribution in [3.05, 3.63) is 0 Å². The summed E-state index contributed by atoms with van der Waals surface area (Å²) in [4.78, 5) is 0. The summed E-state index contributed by atoms with van der Waals surface area (Å²) in [6.07, 6.45) is 0. The lowest BCUT2D eigenvalue weighted by Gasteiger charge is -2.26. The van der Waals surface area contributed by atoms with Crippen LogP contribution in [0.4, 0.5) is 0 Å². The van der Waals surface area contributed by atoms with Crippen LogP contribution >= 0.6 is 11.8 Å². The van der Waals surface area contributed by atoms with Crippen LogP contribution in [0.2, 0.25) is 0 Å². The summed E-state index contributed by atoms with van der Waals surface area (Å²) in [5.41, 5.74) is 0. The second kappa shape index (κ2) is 5.06. The molecular weight excluding hydrogens is 230 g/mol. The van der Waals surface area contributed by atoms with E-state index in [9.17, 15) is 8.42 Å². The molecule has 0 aliphatic carbocycles. The van der Waals surface area contributed by atoms with E-state index in [1.165, 1.54) is 0 Å². The normalized spacial score (nSPS) is 18.9. The van der Waals surface area contributed by atoms with Gasteiger partial charge in [-0.25, -0.2) is 8.42 Å². The van der Waals surface area contributed by atoms with E-state index in [-0.39, 0.29) is 0 Å². The van der Waals surface area contributed by atoms with E-state index in [0.29, 0.717) is 5.75 Å². The monoisotopic (exact) mass is 251 g/mol. The van der Waals surface area contributed by atoms with Crippen LogP contribution < -0.4 is 5.32 Å². The third kappa shape index (κ3) is 3.96. The molecule has 0 amide bonds. The summed E-state index contributed by atoms with van der Waals surface area (Å²) in [7, 11) is -2.92. The molecule has 0 radical (unpaired) electrons. The predicted molar refractivity (Wildman–Crippen MR) is 67.2 cm³/mol. The van der Waals surface area contributed by atoms with Crippen molar-refractivity contribution < 1.29 is 8.42 Å². The van der Waals surface area contributed by atoms with Gasteiger partial charge in [0, 0.05) is 5.75 Å². The van der Waals surface area contributed by atoms with Crippen molar-refractivity contribution in [1.29, 1.82) is 0 Å². The van der Waals surface area contributed by atoms with Crippen LogP contribution in [0.3, 0.4) is 0 Å². The van der Waals surface area contributed by atoms with Crippen LogP contribution in [0.15, 0.2) is 0 Å². The summed E-state index contributed by atoms with van der Waals surface area (Å²) in [6.45, 7) is 7.49. The van der Waals surface area contributed by atoms with Crippen LogP contribution in [0.1, 0.15) is 20.8 Å². The molecule has 1 heterocycles. The van der Waals surface area contributed by atoms with Crippen molar-refractivity contribution in [3.63, 3.8) is 0 Å². The van der Waals surface area contributed by atoms with Crippen LogP contribution in [0.25, 0.3) is 0 Å². The molecule has 0 spiro atoms. The summed E-state index contributed by atoms with van der Waals surface area (Å²) in [6, 6.07) is 0. The molecule has 5 heteroatoms.